The number of fused-ring (bicyclic) bond motifs is 2. The van der Waals surface area contributed by atoms with Gasteiger partial charge in [0.1, 0.15) is 5.75 Å². The standard InChI is InChI=1S/C21H31NO2Si/c1-21(2,3)25(5,6)22-19-14-17-9-11-18(24-4)13-16(17)8-7-15(19)10-12-20(22)23/h9,11,13-15H,7-8,10,12H2,1-6H3. The van der Waals surface area contributed by atoms with Gasteiger partial charge in [0, 0.05) is 12.1 Å². The van der Waals surface area contributed by atoms with Crippen LogP contribution in [0.3, 0.4) is 0 Å². The summed E-state index contributed by atoms with van der Waals surface area (Å²) in [6.07, 6.45) is 6.14. The highest BCUT2D eigenvalue weighted by Crippen LogP contribution is 2.46. The van der Waals surface area contributed by atoms with Crippen LogP contribution in [0.25, 0.3) is 6.08 Å². The summed E-state index contributed by atoms with van der Waals surface area (Å²) in [7, 11) is -0.229. The zero-order valence-electron chi connectivity index (χ0n) is 16.5. The normalized spacial score (nSPS) is 21.2. The first kappa shape index (κ1) is 18.2. The lowest BCUT2D eigenvalue weighted by Crippen LogP contribution is -2.59. The molecule has 1 aromatic rings. The van der Waals surface area contributed by atoms with Gasteiger partial charge in [-0.2, -0.15) is 0 Å². The van der Waals surface area contributed by atoms with E-state index in [2.05, 4.69) is 56.6 Å². The predicted molar refractivity (Wildman–Crippen MR) is 106 cm³/mol. The van der Waals surface area contributed by atoms with Crippen LogP contribution in [0.1, 0.15) is 51.2 Å². The number of hydrogen-bond donors (Lipinski definition) is 0. The van der Waals surface area contributed by atoms with Crippen molar-refractivity contribution in [3.63, 3.8) is 0 Å². The van der Waals surface area contributed by atoms with E-state index in [1.807, 2.05) is 6.07 Å². The van der Waals surface area contributed by atoms with Crippen LogP contribution in [0.5, 0.6) is 5.75 Å². The minimum atomic E-state index is -1.95. The lowest BCUT2D eigenvalue weighted by atomic mass is 9.91. The lowest BCUT2D eigenvalue weighted by molar-refractivity contribution is -0.128. The largest absolute Gasteiger partial charge is 0.497 e. The van der Waals surface area contributed by atoms with Gasteiger partial charge in [0.2, 0.25) is 5.91 Å². The highest BCUT2D eigenvalue weighted by molar-refractivity contribution is 6.79. The third-order valence-corrected chi connectivity index (χ3v) is 11.7. The van der Waals surface area contributed by atoms with Gasteiger partial charge in [0.15, 0.2) is 8.24 Å². The molecule has 1 saturated heterocycles. The number of allylic oxidation sites excluding steroid dienone is 1. The molecule has 1 atom stereocenters. The molecule has 1 unspecified atom stereocenters. The van der Waals surface area contributed by atoms with Crippen LogP contribution >= 0.6 is 0 Å². The van der Waals surface area contributed by atoms with Crippen LogP contribution in [-0.4, -0.2) is 25.8 Å². The molecule has 0 bridgehead atoms. The van der Waals surface area contributed by atoms with E-state index >= 15 is 0 Å². The van der Waals surface area contributed by atoms with Gasteiger partial charge >= 0.3 is 0 Å². The topological polar surface area (TPSA) is 29.5 Å². The molecule has 3 nitrogen and oxygen atoms in total. The van der Waals surface area contributed by atoms with Crippen molar-refractivity contribution in [2.24, 2.45) is 5.92 Å². The Morgan fingerprint density at radius 3 is 2.48 bits per heavy atom. The van der Waals surface area contributed by atoms with Crippen molar-refractivity contribution in [2.45, 2.75) is 64.6 Å². The molecule has 1 fully saturated rings. The second-order valence-electron chi connectivity index (χ2n) is 8.95. The second-order valence-corrected chi connectivity index (χ2v) is 14.0. The molecule has 1 aromatic carbocycles. The highest BCUT2D eigenvalue weighted by atomic mass is 28.3. The molecule has 0 radical (unpaired) electrons. The first-order valence-electron chi connectivity index (χ1n) is 9.36. The van der Waals surface area contributed by atoms with Crippen LogP contribution in [0.15, 0.2) is 23.9 Å². The molecular formula is C21H31NO2Si. The summed E-state index contributed by atoms with van der Waals surface area (Å²) in [6, 6.07) is 6.33. The van der Waals surface area contributed by atoms with Crippen molar-refractivity contribution in [2.75, 3.05) is 7.11 Å². The fraction of sp³-hybridized carbons (Fsp3) is 0.571. The van der Waals surface area contributed by atoms with E-state index in [-0.39, 0.29) is 5.04 Å². The molecular weight excluding hydrogens is 326 g/mol. The zero-order chi connectivity index (χ0) is 18.4. The van der Waals surface area contributed by atoms with Crippen molar-refractivity contribution in [3.05, 3.63) is 35.0 Å². The van der Waals surface area contributed by atoms with E-state index in [1.165, 1.54) is 16.8 Å². The highest BCUT2D eigenvalue weighted by Gasteiger charge is 2.48. The number of piperidine rings is 1. The van der Waals surface area contributed by atoms with E-state index in [9.17, 15) is 4.79 Å². The van der Waals surface area contributed by atoms with Crippen LogP contribution in [0.4, 0.5) is 0 Å². The van der Waals surface area contributed by atoms with E-state index in [4.69, 9.17) is 4.74 Å². The third kappa shape index (κ3) is 3.17. The SMILES string of the molecule is COc1ccc2c(c1)CCC1CCC(=O)N([Si](C)(C)C(C)(C)C)C1=C2. The molecule has 25 heavy (non-hydrogen) atoms. The van der Waals surface area contributed by atoms with Crippen LogP contribution < -0.4 is 4.74 Å². The summed E-state index contributed by atoms with van der Waals surface area (Å²) in [5.41, 5.74) is 3.85. The van der Waals surface area contributed by atoms with Crippen molar-refractivity contribution in [1.82, 2.24) is 4.57 Å². The Hall–Kier alpha value is -1.55. The molecule has 0 spiro atoms. The quantitative estimate of drug-likeness (QED) is 0.679. The summed E-state index contributed by atoms with van der Waals surface area (Å²) >= 11 is 0. The zero-order valence-corrected chi connectivity index (χ0v) is 17.5. The van der Waals surface area contributed by atoms with Gasteiger partial charge < -0.3 is 9.30 Å². The molecule has 4 heteroatoms. The maximum Gasteiger partial charge on any atom is 0.218 e. The Kier molecular flexibility index (Phi) is 4.61. The van der Waals surface area contributed by atoms with Gasteiger partial charge in [0.05, 0.1) is 7.11 Å². The van der Waals surface area contributed by atoms with Crippen molar-refractivity contribution in [1.29, 1.82) is 0 Å². The number of rotatable bonds is 2. The molecule has 0 aromatic heterocycles. The van der Waals surface area contributed by atoms with Gasteiger partial charge in [-0.1, -0.05) is 39.9 Å². The number of aryl methyl sites for hydroxylation is 1. The number of amides is 1. The number of nitrogens with zero attached hydrogens (tertiary/aromatic N) is 1. The summed E-state index contributed by atoms with van der Waals surface area (Å²) in [4.78, 5) is 13.0. The van der Waals surface area contributed by atoms with Gasteiger partial charge in [-0.3, -0.25) is 4.79 Å². The summed E-state index contributed by atoms with van der Waals surface area (Å²) in [5.74, 6) is 1.73. The Labute approximate surface area is 153 Å². The van der Waals surface area contributed by atoms with Crippen LogP contribution in [0.2, 0.25) is 18.1 Å². The summed E-state index contributed by atoms with van der Waals surface area (Å²) in [6.45, 7) is 11.5. The van der Waals surface area contributed by atoms with Gasteiger partial charge in [0.25, 0.3) is 0 Å². The molecule has 136 valence electrons. The molecule has 2 aliphatic rings. The maximum atomic E-state index is 13.0. The third-order valence-electron chi connectivity index (χ3n) is 6.44. The second kappa shape index (κ2) is 6.31. The van der Waals surface area contributed by atoms with E-state index in [1.54, 1.807) is 7.11 Å². The first-order chi connectivity index (χ1) is 11.6. The average molecular weight is 358 g/mol. The minimum absolute atomic E-state index is 0.139. The fourth-order valence-electron chi connectivity index (χ4n) is 3.88. The molecule has 0 N–H and O–H groups in total. The molecule has 1 aliphatic heterocycles. The van der Waals surface area contributed by atoms with E-state index < -0.39 is 8.24 Å². The summed E-state index contributed by atoms with van der Waals surface area (Å²) < 4.78 is 7.65. The van der Waals surface area contributed by atoms with Crippen LogP contribution in [0, 0.1) is 5.92 Å². The number of benzene rings is 1. The fourth-order valence-corrected chi connectivity index (χ4v) is 6.18. The predicted octanol–water partition coefficient (Wildman–Crippen LogP) is 5.23. The minimum Gasteiger partial charge on any atom is -0.497 e. The van der Waals surface area contributed by atoms with E-state index in [0.717, 1.165) is 25.0 Å². The number of ether oxygens (including phenoxy) is 1. The van der Waals surface area contributed by atoms with Crippen LogP contribution in [-0.2, 0) is 11.2 Å². The number of carbonyl (C=O) groups is 1. The Morgan fingerprint density at radius 1 is 1.16 bits per heavy atom. The molecule has 1 aliphatic carbocycles. The number of methoxy groups -OCH3 is 1. The Bertz CT molecular complexity index is 715. The van der Waals surface area contributed by atoms with Crippen molar-refractivity contribution >= 4 is 20.2 Å². The Morgan fingerprint density at radius 2 is 1.84 bits per heavy atom. The molecule has 1 heterocycles. The molecule has 0 saturated carbocycles. The number of hydrogen-bond acceptors (Lipinski definition) is 2. The first-order valence-corrected chi connectivity index (χ1v) is 12.3. The Balaban J connectivity index is 2.10. The molecule has 1 amide bonds. The van der Waals surface area contributed by atoms with Crippen molar-refractivity contribution in [3.8, 4) is 5.75 Å². The van der Waals surface area contributed by atoms with Gasteiger partial charge in [-0.15, -0.1) is 0 Å². The average Bonchev–Trinajstić information content (AvgIpc) is 2.71. The van der Waals surface area contributed by atoms with Gasteiger partial charge in [-0.05, 0) is 59.6 Å². The number of carbonyl (C=O) groups excluding carboxylic acids is 1. The van der Waals surface area contributed by atoms with Gasteiger partial charge in [-0.25, -0.2) is 0 Å². The molecule has 3 rings (SSSR count). The smallest absolute Gasteiger partial charge is 0.218 e. The van der Waals surface area contributed by atoms with Crippen molar-refractivity contribution < 1.29 is 9.53 Å². The maximum absolute atomic E-state index is 13.0. The lowest BCUT2D eigenvalue weighted by Gasteiger charge is -2.50. The summed E-state index contributed by atoms with van der Waals surface area (Å²) in [5, 5.41) is 0.139. The van der Waals surface area contributed by atoms with E-state index in [0.29, 0.717) is 18.2 Å². The monoisotopic (exact) mass is 357 g/mol.